The third-order valence-electron chi connectivity index (χ3n) is 10.3. The molecule has 0 saturated carbocycles. The van der Waals surface area contributed by atoms with Gasteiger partial charge in [-0.05, 0) is 68.6 Å². The fraction of sp³-hybridized carbons (Fsp3) is 0.525. The molecule has 2 aromatic rings. The predicted octanol–water partition coefficient (Wildman–Crippen LogP) is 0.00930. The van der Waals surface area contributed by atoms with Crippen LogP contribution < -0.4 is 26.6 Å². The van der Waals surface area contributed by atoms with Crippen molar-refractivity contribution in [2.24, 2.45) is 0 Å². The molecular weight excluding hydrogens is 722 g/mol. The van der Waals surface area contributed by atoms with Gasteiger partial charge in [-0.3, -0.25) is 38.5 Å². The van der Waals surface area contributed by atoms with Crippen molar-refractivity contribution in [3.8, 4) is 0 Å². The summed E-state index contributed by atoms with van der Waals surface area (Å²) in [5.41, 5.74) is 3.20. The molecule has 3 aliphatic heterocycles. The van der Waals surface area contributed by atoms with Gasteiger partial charge in [-0.2, -0.15) is 0 Å². The minimum atomic E-state index is -1.45. The minimum absolute atomic E-state index is 0.0962. The number of hydrogen-bond donors (Lipinski definition) is 7. The van der Waals surface area contributed by atoms with Crippen molar-refractivity contribution in [1.82, 2.24) is 36.4 Å². The highest BCUT2D eigenvalue weighted by atomic mass is 16.3. The van der Waals surface area contributed by atoms with Crippen LogP contribution in [0.15, 0.2) is 54.6 Å². The highest BCUT2D eigenvalue weighted by Crippen LogP contribution is 2.21. The second-order valence-corrected chi connectivity index (χ2v) is 14.4. The SMILES string of the molecule is CC[C@@H]1NC(=O)[C@@H](NC(=O)CN2CCc3ccccc3C2)CCCCNC(=O)[C@@H]2CCCN2C(=O)[C@@H](Cc2ccccc2)NC(=O)[C@H]([C@@H](C)O)NC1=O.O=CO. The topological polar surface area (TPSA) is 227 Å². The standard InChI is InChI=1S/C39H53N7O7.CH2O2/c1-3-29-35(49)44-34(25(2)47)38(52)43-31(22-26-12-5-4-6-13-26)39(53)46-20-11-17-32(46)37(51)40-19-10-9-16-30(36(50)42-29)41-33(48)24-45-21-18-27-14-7-8-15-28(27)23-45;2-1-3/h4-8,12-15,25,29-32,34,47H,3,9-11,16-24H2,1-2H3,(H,40,51)(H,41,48)(H,42,50)(H,43,52)(H,44,49);1H,(H,2,3)/t25-,29+,30+,31-,32+,34+;/m1./s1. The average Bonchev–Trinajstić information content (AvgIpc) is 3.68. The smallest absolute Gasteiger partial charge is 0.290 e. The first-order chi connectivity index (χ1) is 26.9. The van der Waals surface area contributed by atoms with Crippen LogP contribution in [0.25, 0.3) is 0 Å². The molecular formula is C40H55N7O9. The highest BCUT2D eigenvalue weighted by Gasteiger charge is 2.39. The van der Waals surface area contributed by atoms with Gasteiger partial charge in [-0.15, -0.1) is 0 Å². The number of carbonyl (C=O) groups excluding carboxylic acids is 6. The number of carboxylic acid groups (broad SMARTS) is 1. The maximum atomic E-state index is 14.0. The van der Waals surface area contributed by atoms with Crippen LogP contribution in [-0.4, -0.2) is 124 Å². The van der Waals surface area contributed by atoms with Gasteiger partial charge < -0.3 is 41.7 Å². The summed E-state index contributed by atoms with van der Waals surface area (Å²) in [6.45, 7) is 4.85. The number of rotatable bonds is 7. The molecule has 2 saturated heterocycles. The van der Waals surface area contributed by atoms with E-state index in [0.717, 1.165) is 17.5 Å². The van der Waals surface area contributed by atoms with Gasteiger partial charge in [-0.25, -0.2) is 0 Å². The first-order valence-corrected chi connectivity index (χ1v) is 19.3. The van der Waals surface area contributed by atoms with Gasteiger partial charge in [0.05, 0.1) is 12.6 Å². The maximum absolute atomic E-state index is 14.0. The summed E-state index contributed by atoms with van der Waals surface area (Å²) in [5, 5.41) is 31.4. The zero-order valence-electron chi connectivity index (χ0n) is 32.1. The van der Waals surface area contributed by atoms with E-state index >= 15 is 0 Å². The molecule has 6 amide bonds. The number of nitrogens with zero attached hydrogens (tertiary/aromatic N) is 2. The number of aliphatic hydroxyl groups is 1. The van der Waals surface area contributed by atoms with Crippen molar-refractivity contribution in [1.29, 1.82) is 0 Å². The Morgan fingerprint density at radius 1 is 0.857 bits per heavy atom. The number of fused-ring (bicyclic) bond motifs is 2. The van der Waals surface area contributed by atoms with E-state index in [-0.39, 0.29) is 44.1 Å². The van der Waals surface area contributed by atoms with Crippen molar-refractivity contribution in [2.75, 3.05) is 26.2 Å². The summed E-state index contributed by atoms with van der Waals surface area (Å²) in [6.07, 6.45) is 2.07. The fourth-order valence-corrected chi connectivity index (χ4v) is 7.30. The Hall–Kier alpha value is -5.35. The molecule has 6 atom stereocenters. The molecule has 304 valence electrons. The summed E-state index contributed by atoms with van der Waals surface area (Å²) >= 11 is 0. The summed E-state index contributed by atoms with van der Waals surface area (Å²) < 4.78 is 0. The number of benzene rings is 2. The normalized spacial score (nSPS) is 24.8. The van der Waals surface area contributed by atoms with Crippen molar-refractivity contribution >= 4 is 41.9 Å². The molecule has 0 spiro atoms. The molecule has 16 nitrogen and oxygen atoms in total. The van der Waals surface area contributed by atoms with Crippen LogP contribution >= 0.6 is 0 Å². The molecule has 2 fully saturated rings. The number of amides is 6. The zero-order valence-corrected chi connectivity index (χ0v) is 32.1. The molecule has 7 N–H and O–H groups in total. The monoisotopic (exact) mass is 777 g/mol. The molecule has 0 aromatic heterocycles. The van der Waals surface area contributed by atoms with Crippen molar-refractivity contribution < 1.29 is 43.8 Å². The molecule has 0 unspecified atom stereocenters. The third kappa shape index (κ3) is 12.3. The van der Waals surface area contributed by atoms with E-state index in [2.05, 4.69) is 32.7 Å². The van der Waals surface area contributed by atoms with Crippen LogP contribution in [0.1, 0.15) is 69.1 Å². The minimum Gasteiger partial charge on any atom is -0.483 e. The molecule has 5 rings (SSSR count). The van der Waals surface area contributed by atoms with Crippen LogP contribution in [0.3, 0.4) is 0 Å². The lowest BCUT2D eigenvalue weighted by Gasteiger charge is -2.31. The number of nitrogens with one attached hydrogen (secondary N) is 5. The van der Waals surface area contributed by atoms with Crippen LogP contribution in [0.4, 0.5) is 0 Å². The van der Waals surface area contributed by atoms with E-state index in [9.17, 15) is 33.9 Å². The number of aliphatic hydroxyl groups excluding tert-OH is 1. The number of carbonyl (C=O) groups is 7. The summed E-state index contributed by atoms with van der Waals surface area (Å²) in [4.78, 5) is 93.6. The fourth-order valence-electron chi connectivity index (χ4n) is 7.30. The molecule has 0 aliphatic carbocycles. The number of hydrogen-bond acceptors (Lipinski definition) is 9. The Labute approximate surface area is 327 Å². The van der Waals surface area contributed by atoms with E-state index < -0.39 is 59.9 Å². The maximum Gasteiger partial charge on any atom is 0.290 e. The van der Waals surface area contributed by atoms with Crippen molar-refractivity contribution in [3.05, 3.63) is 71.3 Å². The van der Waals surface area contributed by atoms with Crippen LogP contribution in [-0.2, 0) is 52.9 Å². The first kappa shape index (κ1) is 43.4. The molecule has 3 heterocycles. The van der Waals surface area contributed by atoms with Gasteiger partial charge in [0.2, 0.25) is 35.4 Å². The summed E-state index contributed by atoms with van der Waals surface area (Å²) in [7, 11) is 0. The average molecular weight is 778 g/mol. The Kier molecular flexibility index (Phi) is 16.8. The Morgan fingerprint density at radius 2 is 1.54 bits per heavy atom. The largest absolute Gasteiger partial charge is 0.483 e. The molecule has 0 bridgehead atoms. The molecule has 2 aromatic carbocycles. The summed E-state index contributed by atoms with van der Waals surface area (Å²) in [5.74, 6) is -3.09. The van der Waals surface area contributed by atoms with Gasteiger partial charge >= 0.3 is 0 Å². The predicted molar refractivity (Wildman–Crippen MR) is 206 cm³/mol. The Balaban J connectivity index is 0.00000225. The van der Waals surface area contributed by atoms with Crippen molar-refractivity contribution in [3.63, 3.8) is 0 Å². The molecule has 3 aliphatic rings. The van der Waals surface area contributed by atoms with Crippen LogP contribution in [0.5, 0.6) is 0 Å². The Morgan fingerprint density at radius 3 is 2.23 bits per heavy atom. The second-order valence-electron chi connectivity index (χ2n) is 14.4. The Bertz CT molecular complexity index is 1670. The van der Waals surface area contributed by atoms with Gasteiger partial charge in [0, 0.05) is 32.6 Å². The van der Waals surface area contributed by atoms with E-state index in [1.54, 1.807) is 6.92 Å². The van der Waals surface area contributed by atoms with E-state index in [1.165, 1.54) is 17.4 Å². The third-order valence-corrected chi connectivity index (χ3v) is 10.3. The van der Waals surface area contributed by atoms with Crippen molar-refractivity contribution in [2.45, 2.75) is 108 Å². The molecule has 16 heteroatoms. The van der Waals surface area contributed by atoms with E-state index in [1.807, 2.05) is 53.4 Å². The lowest BCUT2D eigenvalue weighted by Crippen LogP contribution is -2.61. The van der Waals surface area contributed by atoms with Gasteiger partial charge in [0.25, 0.3) is 6.47 Å². The lowest BCUT2D eigenvalue weighted by atomic mass is 10.00. The molecule has 56 heavy (non-hydrogen) atoms. The second kappa shape index (κ2) is 21.7. The van der Waals surface area contributed by atoms with E-state index in [4.69, 9.17) is 9.90 Å². The van der Waals surface area contributed by atoms with Crippen LogP contribution in [0.2, 0.25) is 0 Å². The first-order valence-electron chi connectivity index (χ1n) is 19.3. The van der Waals surface area contributed by atoms with Crippen LogP contribution in [0, 0.1) is 0 Å². The summed E-state index contributed by atoms with van der Waals surface area (Å²) in [6, 6.07) is 11.9. The highest BCUT2D eigenvalue weighted by molar-refractivity contribution is 5.97. The van der Waals surface area contributed by atoms with Gasteiger partial charge in [0.15, 0.2) is 0 Å². The van der Waals surface area contributed by atoms with Gasteiger partial charge in [-0.1, -0.05) is 61.5 Å². The quantitative estimate of drug-likeness (QED) is 0.187. The lowest BCUT2D eigenvalue weighted by molar-refractivity contribution is -0.142. The van der Waals surface area contributed by atoms with E-state index in [0.29, 0.717) is 51.9 Å². The zero-order chi connectivity index (χ0) is 40.6. The molecule has 0 radical (unpaired) electrons. The van der Waals surface area contributed by atoms with Gasteiger partial charge in [0.1, 0.15) is 30.2 Å².